The van der Waals surface area contributed by atoms with Crippen LogP contribution in [0.1, 0.15) is 24.4 Å². The van der Waals surface area contributed by atoms with E-state index in [1.54, 1.807) is 12.1 Å². The largest absolute Gasteiger partial charge is 0.330 e. The third-order valence-electron chi connectivity index (χ3n) is 4.60. The summed E-state index contributed by atoms with van der Waals surface area (Å²) in [6.07, 6.45) is 0. The molecule has 0 saturated heterocycles. The van der Waals surface area contributed by atoms with Crippen LogP contribution in [-0.2, 0) is 23.6 Å². The van der Waals surface area contributed by atoms with E-state index in [1.807, 2.05) is 37.4 Å². The molecule has 1 N–H and O–H groups in total. The first-order valence-corrected chi connectivity index (χ1v) is 9.91. The number of hydrogen-bond donors (Lipinski definition) is 1. The Hall–Kier alpha value is -2.22. The molecule has 0 spiro atoms. The first-order valence-electron chi connectivity index (χ1n) is 8.47. The number of nitrogens with one attached hydrogen (secondary N) is 1. The summed E-state index contributed by atoms with van der Waals surface area (Å²) in [4.78, 5) is 4.96. The molecule has 0 saturated carbocycles. The zero-order valence-electron chi connectivity index (χ0n) is 15.5. The van der Waals surface area contributed by atoms with Gasteiger partial charge in [0, 0.05) is 27.2 Å². The van der Waals surface area contributed by atoms with Crippen LogP contribution in [0.15, 0.2) is 53.4 Å². The first kappa shape index (κ1) is 18.6. The van der Waals surface area contributed by atoms with Crippen molar-refractivity contribution in [2.75, 3.05) is 14.1 Å². The van der Waals surface area contributed by atoms with Crippen molar-refractivity contribution in [1.82, 2.24) is 19.2 Å². The molecule has 0 aliphatic rings. The molecule has 7 heteroatoms. The van der Waals surface area contributed by atoms with Gasteiger partial charge in [-0.05, 0) is 36.8 Å². The summed E-state index contributed by atoms with van der Waals surface area (Å²) in [5.41, 5.74) is 3.12. The zero-order valence-corrected chi connectivity index (χ0v) is 16.3. The van der Waals surface area contributed by atoms with Crippen LogP contribution in [-0.4, -0.2) is 36.4 Å². The minimum Gasteiger partial charge on any atom is -0.330 e. The second-order valence-electron chi connectivity index (χ2n) is 6.53. The molecule has 1 unspecified atom stereocenters. The summed E-state index contributed by atoms with van der Waals surface area (Å²) >= 11 is 0. The summed E-state index contributed by atoms with van der Waals surface area (Å²) in [5, 5.41) is 3.45. The van der Waals surface area contributed by atoms with Crippen LogP contribution in [0.5, 0.6) is 0 Å². The summed E-state index contributed by atoms with van der Waals surface area (Å²) in [6, 6.07) is 15.1. The summed E-state index contributed by atoms with van der Waals surface area (Å²) < 4.78 is 27.6. The van der Waals surface area contributed by atoms with Crippen molar-refractivity contribution in [2.45, 2.75) is 24.4 Å². The van der Waals surface area contributed by atoms with Gasteiger partial charge in [-0.15, -0.1) is 0 Å². The Labute approximate surface area is 154 Å². The highest BCUT2D eigenvalue weighted by molar-refractivity contribution is 7.89. The van der Waals surface area contributed by atoms with E-state index in [1.165, 1.54) is 18.4 Å². The highest BCUT2D eigenvalue weighted by Crippen LogP contribution is 2.19. The lowest BCUT2D eigenvalue weighted by atomic mass is 10.1. The fourth-order valence-electron chi connectivity index (χ4n) is 2.86. The molecule has 0 bridgehead atoms. The van der Waals surface area contributed by atoms with Crippen molar-refractivity contribution in [3.63, 3.8) is 0 Å². The number of fused-ring (bicyclic) bond motifs is 1. The molecular formula is C19H24N4O2S. The molecular weight excluding hydrogens is 348 g/mol. The molecule has 0 aliphatic carbocycles. The second kappa shape index (κ2) is 7.19. The fraction of sp³-hybridized carbons (Fsp3) is 0.316. The number of para-hydroxylation sites is 2. The van der Waals surface area contributed by atoms with E-state index in [4.69, 9.17) is 0 Å². The Balaban J connectivity index is 1.72. The van der Waals surface area contributed by atoms with E-state index in [9.17, 15) is 8.42 Å². The predicted molar refractivity (Wildman–Crippen MR) is 103 cm³/mol. The summed E-state index contributed by atoms with van der Waals surface area (Å²) in [6.45, 7) is 2.68. The second-order valence-corrected chi connectivity index (χ2v) is 8.69. The SMILES string of the molecule is CC(NCc1nc2ccccc2n1C)c1ccc(S(=O)(=O)N(C)C)cc1. The molecule has 3 rings (SSSR count). The van der Waals surface area contributed by atoms with E-state index in [0.717, 1.165) is 22.4 Å². The number of aryl methyl sites for hydroxylation is 1. The van der Waals surface area contributed by atoms with Crippen molar-refractivity contribution in [1.29, 1.82) is 0 Å². The van der Waals surface area contributed by atoms with Crippen LogP contribution in [0.2, 0.25) is 0 Å². The number of hydrogen-bond acceptors (Lipinski definition) is 4. The van der Waals surface area contributed by atoms with Crippen molar-refractivity contribution < 1.29 is 8.42 Å². The Morgan fingerprint density at radius 3 is 2.38 bits per heavy atom. The third-order valence-corrected chi connectivity index (χ3v) is 6.43. The van der Waals surface area contributed by atoms with E-state index >= 15 is 0 Å². The maximum Gasteiger partial charge on any atom is 0.242 e. The maximum atomic E-state index is 12.1. The highest BCUT2D eigenvalue weighted by atomic mass is 32.2. The van der Waals surface area contributed by atoms with Crippen LogP contribution >= 0.6 is 0 Å². The zero-order chi connectivity index (χ0) is 18.9. The lowest BCUT2D eigenvalue weighted by Gasteiger charge is -2.16. The van der Waals surface area contributed by atoms with Gasteiger partial charge in [0.1, 0.15) is 5.82 Å². The van der Waals surface area contributed by atoms with Crippen molar-refractivity contribution in [2.24, 2.45) is 7.05 Å². The topological polar surface area (TPSA) is 67.2 Å². The first-order chi connectivity index (χ1) is 12.3. The molecule has 1 aromatic heterocycles. The van der Waals surface area contributed by atoms with Crippen LogP contribution in [0.25, 0.3) is 11.0 Å². The average Bonchev–Trinajstić information content (AvgIpc) is 2.96. The molecule has 1 atom stereocenters. The Morgan fingerprint density at radius 2 is 1.77 bits per heavy atom. The Bertz CT molecular complexity index is 1010. The quantitative estimate of drug-likeness (QED) is 0.722. The fourth-order valence-corrected chi connectivity index (χ4v) is 3.76. The van der Waals surface area contributed by atoms with E-state index in [0.29, 0.717) is 11.4 Å². The minimum absolute atomic E-state index is 0.0749. The number of benzene rings is 2. The normalized spacial score (nSPS) is 13.4. The third kappa shape index (κ3) is 3.51. The van der Waals surface area contributed by atoms with Crippen molar-refractivity contribution >= 4 is 21.1 Å². The van der Waals surface area contributed by atoms with Gasteiger partial charge < -0.3 is 9.88 Å². The maximum absolute atomic E-state index is 12.1. The predicted octanol–water partition coefficient (Wildman–Crippen LogP) is 2.67. The number of aromatic nitrogens is 2. The molecule has 0 radical (unpaired) electrons. The van der Waals surface area contributed by atoms with E-state index < -0.39 is 10.0 Å². The van der Waals surface area contributed by atoms with Gasteiger partial charge in [-0.3, -0.25) is 0 Å². The molecule has 2 aromatic carbocycles. The van der Waals surface area contributed by atoms with Gasteiger partial charge in [0.25, 0.3) is 0 Å². The molecule has 1 heterocycles. The van der Waals surface area contributed by atoms with Crippen molar-refractivity contribution in [3.8, 4) is 0 Å². The van der Waals surface area contributed by atoms with Gasteiger partial charge >= 0.3 is 0 Å². The lowest BCUT2D eigenvalue weighted by molar-refractivity contribution is 0.520. The van der Waals surface area contributed by atoms with Gasteiger partial charge in [0.05, 0.1) is 22.5 Å². The van der Waals surface area contributed by atoms with Crippen molar-refractivity contribution in [3.05, 3.63) is 59.9 Å². The Morgan fingerprint density at radius 1 is 1.12 bits per heavy atom. The molecule has 0 aliphatic heterocycles. The van der Waals surface area contributed by atoms with Gasteiger partial charge in [-0.25, -0.2) is 17.7 Å². The van der Waals surface area contributed by atoms with Gasteiger partial charge in [-0.2, -0.15) is 0 Å². The summed E-state index contributed by atoms with van der Waals surface area (Å²) in [5.74, 6) is 0.963. The number of nitrogens with zero attached hydrogens (tertiary/aromatic N) is 3. The molecule has 138 valence electrons. The van der Waals surface area contributed by atoms with Gasteiger partial charge in [0.15, 0.2) is 0 Å². The molecule has 0 fully saturated rings. The van der Waals surface area contributed by atoms with Gasteiger partial charge in [0.2, 0.25) is 10.0 Å². The summed E-state index contributed by atoms with van der Waals surface area (Å²) in [7, 11) is 1.68. The molecule has 6 nitrogen and oxygen atoms in total. The Kier molecular flexibility index (Phi) is 5.13. The van der Waals surface area contributed by atoms with E-state index in [-0.39, 0.29) is 6.04 Å². The number of imidazole rings is 1. The molecule has 0 amide bonds. The minimum atomic E-state index is -3.40. The number of sulfonamides is 1. The monoisotopic (exact) mass is 372 g/mol. The van der Waals surface area contributed by atoms with Gasteiger partial charge in [-0.1, -0.05) is 24.3 Å². The number of rotatable bonds is 6. The smallest absolute Gasteiger partial charge is 0.242 e. The van der Waals surface area contributed by atoms with Crippen LogP contribution in [0.4, 0.5) is 0 Å². The average molecular weight is 372 g/mol. The van der Waals surface area contributed by atoms with Crippen LogP contribution < -0.4 is 5.32 Å². The van der Waals surface area contributed by atoms with Crippen LogP contribution in [0.3, 0.4) is 0 Å². The molecule has 26 heavy (non-hydrogen) atoms. The lowest BCUT2D eigenvalue weighted by Crippen LogP contribution is -2.23. The van der Waals surface area contributed by atoms with Crippen LogP contribution in [0, 0.1) is 0 Å². The van der Waals surface area contributed by atoms with E-state index in [2.05, 4.69) is 27.9 Å². The molecule has 3 aromatic rings. The highest BCUT2D eigenvalue weighted by Gasteiger charge is 2.17. The standard InChI is InChI=1S/C19H24N4O2S/c1-14(15-9-11-16(12-10-15)26(24,25)22(2)3)20-13-19-21-17-7-5-6-8-18(17)23(19)4/h5-12,14,20H,13H2,1-4H3.